The highest BCUT2D eigenvalue weighted by Gasteiger charge is 2.27. The van der Waals surface area contributed by atoms with E-state index in [2.05, 4.69) is 11.2 Å². The van der Waals surface area contributed by atoms with Crippen molar-refractivity contribution in [2.24, 2.45) is 11.7 Å². The smallest absolute Gasteiger partial charge is 0.222 e. The number of piperidine rings is 1. The van der Waals surface area contributed by atoms with Crippen LogP contribution in [0.1, 0.15) is 42.6 Å². The van der Waals surface area contributed by atoms with Gasteiger partial charge in [-0.3, -0.25) is 14.3 Å². The summed E-state index contributed by atoms with van der Waals surface area (Å²) in [5, 5.41) is 13.2. The zero-order valence-corrected chi connectivity index (χ0v) is 14.4. The van der Waals surface area contributed by atoms with Gasteiger partial charge in [-0.2, -0.15) is 10.4 Å². The molecule has 0 spiro atoms. The number of hydrogen-bond donors (Lipinski definition) is 1. The summed E-state index contributed by atoms with van der Waals surface area (Å²) >= 11 is 0. The molecule has 2 N–H and O–H groups in total. The number of nitriles is 1. The fourth-order valence-electron chi connectivity index (χ4n) is 3.30. The molecule has 1 saturated heterocycles. The van der Waals surface area contributed by atoms with Crippen LogP contribution in [-0.4, -0.2) is 39.6 Å². The van der Waals surface area contributed by atoms with Crippen LogP contribution in [0.25, 0.3) is 0 Å². The monoisotopic (exact) mass is 331 g/mol. The average Bonchev–Trinajstić information content (AvgIpc) is 2.84. The van der Waals surface area contributed by atoms with Gasteiger partial charge >= 0.3 is 0 Å². The lowest BCUT2D eigenvalue weighted by Gasteiger charge is -2.31. The maximum absolute atomic E-state index is 12.4. The van der Waals surface area contributed by atoms with Gasteiger partial charge in [-0.25, -0.2) is 0 Å². The van der Waals surface area contributed by atoms with Crippen LogP contribution in [0, 0.1) is 31.1 Å². The molecule has 7 nitrogen and oxygen atoms in total. The van der Waals surface area contributed by atoms with Gasteiger partial charge in [-0.05, 0) is 38.7 Å². The van der Waals surface area contributed by atoms with Gasteiger partial charge in [-0.15, -0.1) is 0 Å². The van der Waals surface area contributed by atoms with Crippen molar-refractivity contribution in [1.29, 1.82) is 5.26 Å². The van der Waals surface area contributed by atoms with Crippen molar-refractivity contribution in [3.8, 4) is 6.07 Å². The SMILES string of the molecule is Cc1nn(CCC#N)c(C)c1CCC(=O)N1CCCC(C(N)=O)C1. The molecule has 2 amide bonds. The van der Waals surface area contributed by atoms with Crippen molar-refractivity contribution in [1.82, 2.24) is 14.7 Å². The Morgan fingerprint density at radius 3 is 2.83 bits per heavy atom. The van der Waals surface area contributed by atoms with Crippen molar-refractivity contribution in [2.75, 3.05) is 13.1 Å². The van der Waals surface area contributed by atoms with E-state index < -0.39 is 0 Å². The number of primary amides is 1. The van der Waals surface area contributed by atoms with E-state index in [0.29, 0.717) is 38.9 Å². The van der Waals surface area contributed by atoms with Crippen LogP contribution in [0.3, 0.4) is 0 Å². The number of carbonyl (C=O) groups excluding carboxylic acids is 2. The first-order chi connectivity index (χ1) is 11.4. The number of hydrogen-bond acceptors (Lipinski definition) is 4. The Morgan fingerprint density at radius 1 is 1.42 bits per heavy atom. The van der Waals surface area contributed by atoms with Crippen molar-refractivity contribution >= 4 is 11.8 Å². The van der Waals surface area contributed by atoms with E-state index in [9.17, 15) is 9.59 Å². The van der Waals surface area contributed by atoms with Gasteiger partial charge < -0.3 is 10.6 Å². The van der Waals surface area contributed by atoms with Gasteiger partial charge in [0.15, 0.2) is 0 Å². The Balaban J connectivity index is 1.95. The lowest BCUT2D eigenvalue weighted by molar-refractivity contribution is -0.134. The Kier molecular flexibility index (Phi) is 5.96. The standard InChI is InChI=1S/C17H25N5O2/c1-12-15(13(2)22(20-12)10-4-8-18)6-7-16(23)21-9-3-5-14(11-21)17(19)24/h14H,3-7,9-11H2,1-2H3,(H2,19,24). The zero-order valence-electron chi connectivity index (χ0n) is 14.4. The maximum atomic E-state index is 12.4. The third-order valence-electron chi connectivity index (χ3n) is 4.73. The van der Waals surface area contributed by atoms with Crippen molar-refractivity contribution in [3.05, 3.63) is 17.0 Å². The molecule has 130 valence electrons. The Hall–Kier alpha value is -2.36. The molecule has 1 atom stereocenters. The predicted octanol–water partition coefficient (Wildman–Crippen LogP) is 1.07. The van der Waals surface area contributed by atoms with Gasteiger partial charge in [0.25, 0.3) is 0 Å². The van der Waals surface area contributed by atoms with Crippen LogP contribution >= 0.6 is 0 Å². The normalized spacial score (nSPS) is 17.5. The van der Waals surface area contributed by atoms with Crippen LogP contribution in [0.5, 0.6) is 0 Å². The van der Waals surface area contributed by atoms with E-state index in [-0.39, 0.29) is 17.7 Å². The Labute approximate surface area is 142 Å². The summed E-state index contributed by atoms with van der Waals surface area (Å²) in [7, 11) is 0. The summed E-state index contributed by atoms with van der Waals surface area (Å²) < 4.78 is 1.84. The lowest BCUT2D eigenvalue weighted by Crippen LogP contribution is -2.44. The van der Waals surface area contributed by atoms with E-state index >= 15 is 0 Å². The topological polar surface area (TPSA) is 105 Å². The largest absolute Gasteiger partial charge is 0.369 e. The van der Waals surface area contributed by atoms with Crippen molar-refractivity contribution < 1.29 is 9.59 Å². The molecule has 2 heterocycles. The Bertz CT molecular complexity index is 659. The first-order valence-corrected chi connectivity index (χ1v) is 8.41. The molecule has 1 fully saturated rings. The van der Waals surface area contributed by atoms with Crippen LogP contribution in [0.15, 0.2) is 0 Å². The van der Waals surface area contributed by atoms with Crippen molar-refractivity contribution in [2.45, 2.75) is 52.5 Å². The maximum Gasteiger partial charge on any atom is 0.222 e. The molecule has 1 aromatic rings. The zero-order chi connectivity index (χ0) is 17.7. The molecule has 0 aliphatic carbocycles. The number of carbonyl (C=O) groups is 2. The number of aryl methyl sites for hydroxylation is 2. The van der Waals surface area contributed by atoms with Gasteiger partial charge in [0.05, 0.1) is 30.6 Å². The molecule has 0 radical (unpaired) electrons. The highest BCUT2D eigenvalue weighted by Crippen LogP contribution is 2.19. The summed E-state index contributed by atoms with van der Waals surface area (Å²) in [6.45, 7) is 5.61. The molecular formula is C17H25N5O2. The van der Waals surface area contributed by atoms with Gasteiger partial charge in [0, 0.05) is 25.2 Å². The third kappa shape index (κ3) is 4.13. The second kappa shape index (κ2) is 7.95. The third-order valence-corrected chi connectivity index (χ3v) is 4.73. The van der Waals surface area contributed by atoms with Crippen LogP contribution in [0.4, 0.5) is 0 Å². The molecular weight excluding hydrogens is 306 g/mol. The summed E-state index contributed by atoms with van der Waals surface area (Å²) in [6.07, 6.45) is 3.03. The molecule has 2 rings (SSSR count). The minimum Gasteiger partial charge on any atom is -0.369 e. The fourth-order valence-corrected chi connectivity index (χ4v) is 3.30. The van der Waals surface area contributed by atoms with E-state index in [1.165, 1.54) is 0 Å². The van der Waals surface area contributed by atoms with E-state index in [1.54, 1.807) is 4.90 Å². The van der Waals surface area contributed by atoms with Crippen LogP contribution in [-0.2, 0) is 22.6 Å². The molecule has 1 aliphatic heterocycles. The molecule has 1 aromatic heterocycles. The summed E-state index contributed by atoms with van der Waals surface area (Å²) in [6, 6.07) is 2.12. The second-order valence-electron chi connectivity index (χ2n) is 6.36. The van der Waals surface area contributed by atoms with Crippen LogP contribution in [0.2, 0.25) is 0 Å². The van der Waals surface area contributed by atoms with E-state index in [4.69, 9.17) is 11.0 Å². The average molecular weight is 331 g/mol. The summed E-state index contributed by atoms with van der Waals surface area (Å²) in [5.74, 6) is -0.484. The van der Waals surface area contributed by atoms with E-state index in [0.717, 1.165) is 29.8 Å². The van der Waals surface area contributed by atoms with Crippen molar-refractivity contribution in [3.63, 3.8) is 0 Å². The fraction of sp³-hybridized carbons (Fsp3) is 0.647. The number of rotatable bonds is 6. The lowest BCUT2D eigenvalue weighted by atomic mass is 9.97. The number of amides is 2. The number of nitrogens with two attached hydrogens (primary N) is 1. The molecule has 7 heteroatoms. The minimum absolute atomic E-state index is 0.0597. The molecule has 0 saturated carbocycles. The molecule has 24 heavy (non-hydrogen) atoms. The highest BCUT2D eigenvalue weighted by atomic mass is 16.2. The number of nitrogens with zero attached hydrogens (tertiary/aromatic N) is 4. The second-order valence-corrected chi connectivity index (χ2v) is 6.36. The molecule has 0 bridgehead atoms. The number of likely N-dealkylation sites (tertiary alicyclic amines) is 1. The highest BCUT2D eigenvalue weighted by molar-refractivity contribution is 5.80. The van der Waals surface area contributed by atoms with Crippen LogP contribution < -0.4 is 5.73 Å². The van der Waals surface area contributed by atoms with Gasteiger partial charge in [0.1, 0.15) is 0 Å². The van der Waals surface area contributed by atoms with Gasteiger partial charge in [0.2, 0.25) is 11.8 Å². The number of aromatic nitrogens is 2. The summed E-state index contributed by atoms with van der Waals surface area (Å²) in [4.78, 5) is 25.5. The Morgan fingerprint density at radius 2 is 2.17 bits per heavy atom. The minimum atomic E-state index is -0.321. The summed E-state index contributed by atoms with van der Waals surface area (Å²) in [5.41, 5.74) is 8.37. The molecule has 0 aromatic carbocycles. The molecule has 1 aliphatic rings. The van der Waals surface area contributed by atoms with E-state index in [1.807, 2.05) is 18.5 Å². The predicted molar refractivity (Wildman–Crippen MR) is 88.8 cm³/mol. The quantitative estimate of drug-likeness (QED) is 0.841. The molecule has 1 unspecified atom stereocenters. The first kappa shape index (κ1) is 18.0. The van der Waals surface area contributed by atoms with Gasteiger partial charge in [-0.1, -0.05) is 0 Å². The first-order valence-electron chi connectivity index (χ1n) is 8.41.